The zero-order chi connectivity index (χ0) is 13.4. The van der Waals surface area contributed by atoms with E-state index in [0.717, 1.165) is 5.56 Å². The summed E-state index contributed by atoms with van der Waals surface area (Å²) in [5.74, 6) is -0.842. The summed E-state index contributed by atoms with van der Waals surface area (Å²) in [5, 5.41) is 0. The fourth-order valence-corrected chi connectivity index (χ4v) is 1.67. The number of esters is 1. The highest BCUT2D eigenvalue weighted by Gasteiger charge is 2.16. The van der Waals surface area contributed by atoms with Gasteiger partial charge in [-0.25, -0.2) is 0 Å². The Morgan fingerprint density at radius 3 is 2.50 bits per heavy atom. The molecule has 1 aromatic rings. The van der Waals surface area contributed by atoms with E-state index in [1.54, 1.807) is 0 Å². The van der Waals surface area contributed by atoms with Gasteiger partial charge in [-0.2, -0.15) is 0 Å². The van der Waals surface area contributed by atoms with Crippen LogP contribution in [-0.4, -0.2) is 42.9 Å². The van der Waals surface area contributed by atoms with E-state index in [1.165, 1.54) is 12.0 Å². The van der Waals surface area contributed by atoms with Crippen LogP contribution in [0.4, 0.5) is 0 Å². The molecule has 1 rings (SSSR count). The number of rotatable bonds is 6. The quantitative estimate of drug-likeness (QED) is 0.580. The third kappa shape index (κ3) is 4.75. The smallest absolute Gasteiger partial charge is 0.325 e. The monoisotopic (exact) mass is 269 g/mol. The molecule has 1 amide bonds. The van der Waals surface area contributed by atoms with Crippen molar-refractivity contribution in [1.82, 2.24) is 4.90 Å². The SMILES string of the molecule is COC(=O)CN(CCc1ccccc1)C(=O)CCl. The van der Waals surface area contributed by atoms with Crippen molar-refractivity contribution >= 4 is 23.5 Å². The van der Waals surface area contributed by atoms with E-state index < -0.39 is 5.97 Å². The highest BCUT2D eigenvalue weighted by molar-refractivity contribution is 6.27. The minimum absolute atomic E-state index is 0.0606. The van der Waals surface area contributed by atoms with Crippen LogP contribution in [0.5, 0.6) is 0 Å². The zero-order valence-corrected chi connectivity index (χ0v) is 11.0. The Morgan fingerprint density at radius 2 is 1.94 bits per heavy atom. The van der Waals surface area contributed by atoms with Gasteiger partial charge in [-0.1, -0.05) is 30.3 Å². The molecule has 0 saturated carbocycles. The van der Waals surface area contributed by atoms with E-state index >= 15 is 0 Å². The number of hydrogen-bond donors (Lipinski definition) is 0. The fraction of sp³-hybridized carbons (Fsp3) is 0.385. The molecule has 0 heterocycles. The lowest BCUT2D eigenvalue weighted by Gasteiger charge is -2.20. The van der Waals surface area contributed by atoms with E-state index in [-0.39, 0.29) is 18.3 Å². The highest BCUT2D eigenvalue weighted by Crippen LogP contribution is 2.02. The molecule has 0 bridgehead atoms. The maximum absolute atomic E-state index is 11.6. The van der Waals surface area contributed by atoms with Gasteiger partial charge in [0, 0.05) is 6.54 Å². The number of nitrogens with zero attached hydrogens (tertiary/aromatic N) is 1. The Hall–Kier alpha value is -1.55. The summed E-state index contributed by atoms with van der Waals surface area (Å²) >= 11 is 5.51. The Kier molecular flexibility index (Phi) is 6.22. The van der Waals surface area contributed by atoms with Crippen LogP contribution in [0.3, 0.4) is 0 Å². The van der Waals surface area contributed by atoms with E-state index in [9.17, 15) is 9.59 Å². The lowest BCUT2D eigenvalue weighted by molar-refractivity contribution is -0.146. The minimum atomic E-state index is -0.443. The molecule has 0 radical (unpaired) electrons. The molecule has 0 atom stereocenters. The Labute approximate surface area is 111 Å². The molecular formula is C13H16ClNO3. The fourth-order valence-electron chi connectivity index (χ4n) is 1.51. The van der Waals surface area contributed by atoms with Crippen molar-refractivity contribution in [3.63, 3.8) is 0 Å². The third-order valence-electron chi connectivity index (χ3n) is 2.53. The number of alkyl halides is 1. The van der Waals surface area contributed by atoms with E-state index in [0.29, 0.717) is 13.0 Å². The zero-order valence-electron chi connectivity index (χ0n) is 10.3. The van der Waals surface area contributed by atoms with Gasteiger partial charge in [-0.15, -0.1) is 11.6 Å². The van der Waals surface area contributed by atoms with Crippen LogP contribution in [0.25, 0.3) is 0 Å². The first kappa shape index (κ1) is 14.5. The van der Waals surface area contributed by atoms with Gasteiger partial charge in [-0.3, -0.25) is 9.59 Å². The molecule has 5 heteroatoms. The highest BCUT2D eigenvalue weighted by atomic mass is 35.5. The number of benzene rings is 1. The first-order chi connectivity index (χ1) is 8.67. The first-order valence-electron chi connectivity index (χ1n) is 5.62. The molecule has 98 valence electrons. The van der Waals surface area contributed by atoms with Crippen LogP contribution >= 0.6 is 11.6 Å². The molecule has 0 aromatic heterocycles. The normalized spacial score (nSPS) is 9.89. The summed E-state index contributed by atoms with van der Waals surface area (Å²) in [6, 6.07) is 9.75. The van der Waals surface area contributed by atoms with Crippen LogP contribution in [0.15, 0.2) is 30.3 Å². The second kappa shape index (κ2) is 7.71. The van der Waals surface area contributed by atoms with E-state index in [4.69, 9.17) is 11.6 Å². The van der Waals surface area contributed by atoms with Crippen molar-refractivity contribution < 1.29 is 14.3 Å². The lowest BCUT2D eigenvalue weighted by Crippen LogP contribution is -2.38. The van der Waals surface area contributed by atoms with Gasteiger partial charge in [0.15, 0.2) is 0 Å². The van der Waals surface area contributed by atoms with Gasteiger partial charge in [-0.05, 0) is 12.0 Å². The van der Waals surface area contributed by atoms with Gasteiger partial charge < -0.3 is 9.64 Å². The molecule has 0 aliphatic rings. The molecule has 4 nitrogen and oxygen atoms in total. The van der Waals surface area contributed by atoms with Crippen LogP contribution in [0.1, 0.15) is 5.56 Å². The largest absolute Gasteiger partial charge is 0.468 e. The Morgan fingerprint density at radius 1 is 1.28 bits per heavy atom. The number of hydrogen-bond acceptors (Lipinski definition) is 3. The van der Waals surface area contributed by atoms with Gasteiger partial charge in [0.2, 0.25) is 5.91 Å². The Balaban J connectivity index is 2.56. The second-order valence-electron chi connectivity index (χ2n) is 3.76. The van der Waals surface area contributed by atoms with Gasteiger partial charge in [0.1, 0.15) is 12.4 Å². The molecule has 0 fully saturated rings. The molecule has 0 saturated heterocycles. The molecule has 0 unspecified atom stereocenters. The van der Waals surface area contributed by atoms with Gasteiger partial charge >= 0.3 is 5.97 Å². The van der Waals surface area contributed by atoms with Crippen LogP contribution in [0.2, 0.25) is 0 Å². The summed E-state index contributed by atoms with van der Waals surface area (Å²) < 4.78 is 4.55. The number of ether oxygens (including phenoxy) is 1. The minimum Gasteiger partial charge on any atom is -0.468 e. The average molecular weight is 270 g/mol. The maximum atomic E-state index is 11.6. The van der Waals surface area contributed by atoms with Crippen molar-refractivity contribution in [2.45, 2.75) is 6.42 Å². The maximum Gasteiger partial charge on any atom is 0.325 e. The topological polar surface area (TPSA) is 46.6 Å². The molecular weight excluding hydrogens is 254 g/mol. The van der Waals surface area contributed by atoms with Crippen molar-refractivity contribution in [1.29, 1.82) is 0 Å². The standard InChI is InChI=1S/C13H16ClNO3/c1-18-13(17)10-15(12(16)9-14)8-7-11-5-3-2-4-6-11/h2-6H,7-10H2,1H3. The number of halogens is 1. The number of methoxy groups -OCH3 is 1. The van der Waals surface area contributed by atoms with Gasteiger partial charge in [0.25, 0.3) is 0 Å². The lowest BCUT2D eigenvalue weighted by atomic mass is 10.1. The summed E-state index contributed by atoms with van der Waals surface area (Å²) in [4.78, 5) is 24.2. The van der Waals surface area contributed by atoms with Crippen molar-refractivity contribution in [2.75, 3.05) is 26.1 Å². The van der Waals surface area contributed by atoms with Crippen LogP contribution in [0, 0.1) is 0 Å². The summed E-state index contributed by atoms with van der Waals surface area (Å²) in [5.41, 5.74) is 1.11. The van der Waals surface area contributed by atoms with Crippen molar-refractivity contribution in [3.05, 3.63) is 35.9 Å². The molecule has 0 spiro atoms. The third-order valence-corrected chi connectivity index (χ3v) is 2.76. The predicted octanol–water partition coefficient (Wildman–Crippen LogP) is 1.47. The average Bonchev–Trinajstić information content (AvgIpc) is 2.43. The predicted molar refractivity (Wildman–Crippen MR) is 69.5 cm³/mol. The molecule has 18 heavy (non-hydrogen) atoms. The molecule has 0 aliphatic carbocycles. The molecule has 1 aromatic carbocycles. The van der Waals surface area contributed by atoms with Crippen LogP contribution in [-0.2, 0) is 20.7 Å². The second-order valence-corrected chi connectivity index (χ2v) is 4.03. The Bertz CT molecular complexity index is 394. The number of carbonyl (C=O) groups excluding carboxylic acids is 2. The van der Waals surface area contributed by atoms with E-state index in [1.807, 2.05) is 30.3 Å². The number of amides is 1. The summed E-state index contributed by atoms with van der Waals surface area (Å²) in [7, 11) is 1.29. The molecule has 0 aliphatic heterocycles. The first-order valence-corrected chi connectivity index (χ1v) is 6.15. The van der Waals surface area contributed by atoms with Crippen molar-refractivity contribution in [2.24, 2.45) is 0 Å². The van der Waals surface area contributed by atoms with Crippen LogP contribution < -0.4 is 0 Å². The van der Waals surface area contributed by atoms with E-state index in [2.05, 4.69) is 4.74 Å². The summed E-state index contributed by atoms with van der Waals surface area (Å²) in [6.45, 7) is 0.388. The van der Waals surface area contributed by atoms with Gasteiger partial charge in [0.05, 0.1) is 7.11 Å². The molecule has 0 N–H and O–H groups in total. The summed E-state index contributed by atoms with van der Waals surface area (Å²) in [6.07, 6.45) is 0.681. The van der Waals surface area contributed by atoms with Crippen molar-refractivity contribution in [3.8, 4) is 0 Å². The number of carbonyl (C=O) groups is 2.